The zero-order valence-electron chi connectivity index (χ0n) is 12.4. The highest BCUT2D eigenvalue weighted by atomic mass is 16.2. The monoisotopic (exact) mass is 265 g/mol. The van der Waals surface area contributed by atoms with Gasteiger partial charge in [-0.1, -0.05) is 39.5 Å². The van der Waals surface area contributed by atoms with Crippen molar-refractivity contribution in [1.82, 2.24) is 4.90 Å². The third kappa shape index (κ3) is 3.80. The Kier molecular flexibility index (Phi) is 4.64. The van der Waals surface area contributed by atoms with E-state index >= 15 is 0 Å². The average Bonchev–Trinajstić information content (AvgIpc) is 2.85. The molecule has 108 valence electrons. The summed E-state index contributed by atoms with van der Waals surface area (Å²) in [4.78, 5) is 25.8. The van der Waals surface area contributed by atoms with Gasteiger partial charge in [-0.25, -0.2) is 0 Å². The number of piperidine rings is 1. The van der Waals surface area contributed by atoms with E-state index in [-0.39, 0.29) is 17.1 Å². The lowest BCUT2D eigenvalue weighted by molar-refractivity contribution is -0.142. The van der Waals surface area contributed by atoms with E-state index in [1.807, 2.05) is 13.8 Å². The van der Waals surface area contributed by atoms with Crippen molar-refractivity contribution in [3.8, 4) is 0 Å². The smallest absolute Gasteiger partial charge is 0.222 e. The van der Waals surface area contributed by atoms with E-state index in [0.29, 0.717) is 13.0 Å². The van der Waals surface area contributed by atoms with Crippen molar-refractivity contribution >= 4 is 11.7 Å². The predicted molar refractivity (Wildman–Crippen MR) is 75.8 cm³/mol. The Labute approximate surface area is 116 Å². The van der Waals surface area contributed by atoms with Crippen molar-refractivity contribution in [1.29, 1.82) is 0 Å². The Morgan fingerprint density at radius 1 is 1.32 bits per heavy atom. The van der Waals surface area contributed by atoms with Gasteiger partial charge in [-0.2, -0.15) is 0 Å². The molecule has 0 aromatic rings. The zero-order valence-corrected chi connectivity index (χ0v) is 12.4. The highest BCUT2D eigenvalue weighted by Crippen LogP contribution is 2.30. The molecule has 1 aliphatic heterocycles. The molecule has 0 radical (unpaired) electrons. The summed E-state index contributed by atoms with van der Waals surface area (Å²) in [6.45, 7) is 5.05. The Hall–Kier alpha value is -0.860. The molecule has 0 atom stereocenters. The lowest BCUT2D eigenvalue weighted by Crippen LogP contribution is -2.47. The first-order valence-electron chi connectivity index (χ1n) is 7.80. The molecule has 1 amide bonds. The van der Waals surface area contributed by atoms with E-state index < -0.39 is 0 Å². The van der Waals surface area contributed by atoms with Gasteiger partial charge in [0.25, 0.3) is 0 Å². The summed E-state index contributed by atoms with van der Waals surface area (Å²) in [5.74, 6) is 1.25. The molecule has 0 bridgehead atoms. The fraction of sp³-hybridized carbons (Fsp3) is 0.875. The normalized spacial score (nSPS) is 23.9. The lowest BCUT2D eigenvalue weighted by Gasteiger charge is -2.35. The van der Waals surface area contributed by atoms with Crippen LogP contribution < -0.4 is 0 Å². The number of carbonyl (C=O) groups is 2. The number of hydrogen-bond acceptors (Lipinski definition) is 2. The molecule has 0 spiro atoms. The SMILES string of the molecule is CC1(C)CCN(C(=O)CCCC2CCCC2)CC1=O. The van der Waals surface area contributed by atoms with Crippen molar-refractivity contribution in [3.63, 3.8) is 0 Å². The van der Waals surface area contributed by atoms with E-state index in [1.165, 1.54) is 32.1 Å². The molecule has 0 unspecified atom stereocenters. The predicted octanol–water partition coefficient (Wildman–Crippen LogP) is 3.17. The van der Waals surface area contributed by atoms with Gasteiger partial charge in [-0.05, 0) is 25.2 Å². The number of rotatable bonds is 4. The van der Waals surface area contributed by atoms with Gasteiger partial charge in [0.05, 0.1) is 6.54 Å². The molecule has 19 heavy (non-hydrogen) atoms. The standard InChI is InChI=1S/C16H27NO2/c1-16(2)10-11-17(12-14(16)18)15(19)9-5-8-13-6-3-4-7-13/h13H,3-12H2,1-2H3. The van der Waals surface area contributed by atoms with Gasteiger partial charge in [0.1, 0.15) is 0 Å². The van der Waals surface area contributed by atoms with Crippen LogP contribution in [0.1, 0.15) is 65.2 Å². The molecule has 3 nitrogen and oxygen atoms in total. The van der Waals surface area contributed by atoms with Crippen LogP contribution in [-0.4, -0.2) is 29.7 Å². The Bertz CT molecular complexity index is 343. The second kappa shape index (κ2) is 6.06. The summed E-state index contributed by atoms with van der Waals surface area (Å²) in [6.07, 6.45) is 9.07. The topological polar surface area (TPSA) is 37.4 Å². The van der Waals surface area contributed by atoms with E-state index in [1.54, 1.807) is 4.90 Å². The molecule has 1 saturated heterocycles. The van der Waals surface area contributed by atoms with Crippen LogP contribution in [0.3, 0.4) is 0 Å². The number of amides is 1. The van der Waals surface area contributed by atoms with Gasteiger partial charge in [-0.3, -0.25) is 9.59 Å². The van der Waals surface area contributed by atoms with E-state index in [9.17, 15) is 9.59 Å². The maximum Gasteiger partial charge on any atom is 0.222 e. The lowest BCUT2D eigenvalue weighted by atomic mass is 9.81. The summed E-state index contributed by atoms with van der Waals surface area (Å²) < 4.78 is 0. The number of hydrogen-bond donors (Lipinski definition) is 0. The van der Waals surface area contributed by atoms with Crippen LogP contribution >= 0.6 is 0 Å². The van der Waals surface area contributed by atoms with Crippen LogP contribution in [0.4, 0.5) is 0 Å². The first kappa shape index (κ1) is 14.5. The minimum atomic E-state index is -0.235. The fourth-order valence-electron chi connectivity index (χ4n) is 3.23. The van der Waals surface area contributed by atoms with Crippen molar-refractivity contribution in [2.75, 3.05) is 13.1 Å². The third-order valence-corrected chi connectivity index (χ3v) is 4.93. The first-order chi connectivity index (χ1) is 8.99. The molecule has 1 aliphatic carbocycles. The number of Topliss-reactive ketones (excluding diaryl/α,β-unsaturated/α-hetero) is 1. The maximum absolute atomic E-state index is 12.1. The van der Waals surface area contributed by atoms with Gasteiger partial charge < -0.3 is 4.90 Å². The van der Waals surface area contributed by atoms with Gasteiger partial charge >= 0.3 is 0 Å². The second-order valence-electron chi connectivity index (χ2n) is 6.92. The first-order valence-corrected chi connectivity index (χ1v) is 7.80. The minimum Gasteiger partial charge on any atom is -0.335 e. The largest absolute Gasteiger partial charge is 0.335 e. The van der Waals surface area contributed by atoms with Gasteiger partial charge in [0.2, 0.25) is 5.91 Å². The van der Waals surface area contributed by atoms with Crippen molar-refractivity contribution in [2.24, 2.45) is 11.3 Å². The van der Waals surface area contributed by atoms with E-state index in [4.69, 9.17) is 0 Å². The quantitative estimate of drug-likeness (QED) is 0.783. The highest BCUT2D eigenvalue weighted by Gasteiger charge is 2.35. The van der Waals surface area contributed by atoms with Crippen molar-refractivity contribution in [3.05, 3.63) is 0 Å². The molecule has 0 aromatic carbocycles. The minimum absolute atomic E-state index is 0.182. The van der Waals surface area contributed by atoms with Gasteiger partial charge in [0, 0.05) is 18.4 Å². The third-order valence-electron chi connectivity index (χ3n) is 4.93. The summed E-state index contributed by atoms with van der Waals surface area (Å²) >= 11 is 0. The zero-order chi connectivity index (χ0) is 13.9. The molecule has 1 heterocycles. The van der Waals surface area contributed by atoms with E-state index in [2.05, 4.69) is 0 Å². The maximum atomic E-state index is 12.1. The van der Waals surface area contributed by atoms with Gasteiger partial charge in [0.15, 0.2) is 5.78 Å². The number of carbonyl (C=O) groups excluding carboxylic acids is 2. The molecular formula is C16H27NO2. The van der Waals surface area contributed by atoms with Crippen molar-refractivity contribution in [2.45, 2.75) is 65.2 Å². The second-order valence-corrected chi connectivity index (χ2v) is 6.92. The summed E-state index contributed by atoms with van der Waals surface area (Å²) in [6, 6.07) is 0. The molecule has 0 N–H and O–H groups in total. The van der Waals surface area contributed by atoms with Crippen LogP contribution in [0.15, 0.2) is 0 Å². The molecule has 1 saturated carbocycles. The summed E-state index contributed by atoms with van der Waals surface area (Å²) in [5.41, 5.74) is -0.235. The Morgan fingerprint density at radius 3 is 2.63 bits per heavy atom. The summed E-state index contributed by atoms with van der Waals surface area (Å²) in [7, 11) is 0. The molecule has 3 heteroatoms. The van der Waals surface area contributed by atoms with Crippen LogP contribution in [0.2, 0.25) is 0 Å². The Morgan fingerprint density at radius 2 is 2.00 bits per heavy atom. The molecule has 2 rings (SSSR count). The number of ketones is 1. The highest BCUT2D eigenvalue weighted by molar-refractivity contribution is 5.90. The molecule has 2 fully saturated rings. The van der Waals surface area contributed by atoms with Gasteiger partial charge in [-0.15, -0.1) is 0 Å². The summed E-state index contributed by atoms with van der Waals surface area (Å²) in [5, 5.41) is 0. The number of likely N-dealkylation sites (tertiary alicyclic amines) is 1. The van der Waals surface area contributed by atoms with Crippen molar-refractivity contribution < 1.29 is 9.59 Å². The fourth-order valence-corrected chi connectivity index (χ4v) is 3.23. The number of nitrogens with zero attached hydrogens (tertiary/aromatic N) is 1. The average molecular weight is 265 g/mol. The van der Waals surface area contributed by atoms with Crippen LogP contribution in [-0.2, 0) is 9.59 Å². The van der Waals surface area contributed by atoms with E-state index in [0.717, 1.165) is 25.3 Å². The molecule has 0 aromatic heterocycles. The van der Waals surface area contributed by atoms with Crippen LogP contribution in [0.5, 0.6) is 0 Å². The van der Waals surface area contributed by atoms with Crippen LogP contribution in [0.25, 0.3) is 0 Å². The molecule has 2 aliphatic rings. The molecular weight excluding hydrogens is 238 g/mol. The van der Waals surface area contributed by atoms with Crippen LogP contribution in [0, 0.1) is 11.3 Å². The Balaban J connectivity index is 1.70.